The first-order valence-electron chi connectivity index (χ1n) is 47.6. The van der Waals surface area contributed by atoms with Crippen molar-refractivity contribution < 1.29 is 106 Å². The Morgan fingerprint density at radius 2 is 0.575 bits per heavy atom. The fourth-order valence-electron chi connectivity index (χ4n) is 16.1. The number of halogens is 1. The maximum atomic E-state index is 8.92. The summed E-state index contributed by atoms with van der Waals surface area (Å²) in [6.45, 7) is 3.74. The molecular formula is C117H107BBrK3N12O7P4Pd. The van der Waals surface area contributed by atoms with Crippen LogP contribution in [0.1, 0.15) is 37.8 Å². The van der Waals surface area contributed by atoms with Crippen LogP contribution in [0.5, 0.6) is 23.0 Å². The summed E-state index contributed by atoms with van der Waals surface area (Å²) in [4.78, 5) is 28.2. The summed E-state index contributed by atoms with van der Waals surface area (Å²) in [5.74, 6) is 3.90. The van der Waals surface area contributed by atoms with Crippen molar-refractivity contribution in [2.75, 3.05) is 37.6 Å². The van der Waals surface area contributed by atoms with E-state index in [0.29, 0.717) is 28.9 Å². The number of nitrogens with one attached hydrogen (secondary N) is 2. The normalized spacial score (nSPS) is 12.5. The Kier molecular flexibility index (Phi) is 51.0. The van der Waals surface area contributed by atoms with Crippen molar-refractivity contribution in [1.82, 2.24) is 50.1 Å². The van der Waals surface area contributed by atoms with Crippen molar-refractivity contribution in [3.05, 3.63) is 490 Å². The second kappa shape index (κ2) is 64.5. The molecule has 0 radical (unpaired) electrons. The Bertz CT molecular complexity index is 6230. The summed E-state index contributed by atoms with van der Waals surface area (Å²) in [5.41, 5.74) is 15.9. The Morgan fingerprint density at radius 3 is 0.815 bits per heavy atom. The fourth-order valence-corrected chi connectivity index (χ4v) is 25.9. The van der Waals surface area contributed by atoms with E-state index in [4.69, 9.17) is 46.1 Å². The number of aromatic nitrogens is 8. The molecule has 29 heteroatoms. The first kappa shape index (κ1) is 116. The predicted octanol–water partition coefficient (Wildman–Crippen LogP) is 14.5. The minimum atomic E-state index is -1.44. The molecule has 2 saturated heterocycles. The molecule has 22 rings (SSSR count). The SMILES string of the molecule is Nc1ncnc2c1c(-c1ccc(Oc3ccccc3)cc1)nn2[C@@H]1CCCNC1.Nc1ncnc2c1c(Br)nn2[C@@H]1CCCNC1.O=CO[O-].OB(O)c1ccc(Oc2ccccc2)cc1.[K+].[K][K].[Pd].c1ccc(P(c2ccccc2)c2ccccc2)cc1.c1ccc(P(c2ccccc2)c2ccccc2)cc1.c1ccc(P(c2ccccc2)c2ccccc2)cc1.c1ccc(P(c2ccccc2)c2ccccc2)cc1. The second-order valence-electron chi connectivity index (χ2n) is 32.3. The van der Waals surface area contributed by atoms with E-state index in [9.17, 15) is 0 Å². The number of benzene rings is 16. The predicted molar refractivity (Wildman–Crippen MR) is 603 cm³/mol. The van der Waals surface area contributed by atoms with Crippen LogP contribution in [0.2, 0.25) is 0 Å². The Labute approximate surface area is 969 Å². The summed E-state index contributed by atoms with van der Waals surface area (Å²) in [7, 11) is -3.22. The molecule has 20 aromatic rings. The van der Waals surface area contributed by atoms with Gasteiger partial charge in [-0.1, -0.05) is 413 Å². The smallest absolute Gasteiger partial charge is 0 e. The van der Waals surface area contributed by atoms with Crippen LogP contribution in [0.3, 0.4) is 0 Å². The van der Waals surface area contributed by atoms with E-state index in [1.54, 1.807) is 24.3 Å². The number of carbonyl (C=O) groups is 1. The molecule has 6 heterocycles. The van der Waals surface area contributed by atoms with Crippen LogP contribution in [0.25, 0.3) is 33.3 Å². The third-order valence-electron chi connectivity index (χ3n) is 22.7. The number of hydrogen-bond donors (Lipinski definition) is 6. The topological polar surface area (TPSA) is 272 Å². The summed E-state index contributed by atoms with van der Waals surface area (Å²) >= 11 is 5.92. The Morgan fingerprint density at radius 1 is 0.349 bits per heavy atom. The summed E-state index contributed by atoms with van der Waals surface area (Å²) in [6.07, 6.45) is 7.44. The molecule has 146 heavy (non-hydrogen) atoms. The molecule has 8 N–H and O–H groups in total. The zero-order chi connectivity index (χ0) is 99.9. The molecule has 0 bridgehead atoms. The third kappa shape index (κ3) is 34.7. The molecule has 16 aromatic carbocycles. The van der Waals surface area contributed by atoms with E-state index in [1.807, 2.05) is 94.3 Å². The van der Waals surface area contributed by atoms with Gasteiger partial charge in [0.2, 0.25) is 0 Å². The van der Waals surface area contributed by atoms with Crippen LogP contribution in [0, 0.1) is 0 Å². The van der Waals surface area contributed by atoms with Crippen LogP contribution in [-0.4, -0.2) is 152 Å². The average Bonchev–Trinajstić information content (AvgIpc) is 1.61. The Hall–Kier alpha value is -9.07. The van der Waals surface area contributed by atoms with E-state index in [2.05, 4.69) is 420 Å². The van der Waals surface area contributed by atoms with Gasteiger partial charge in [0.25, 0.3) is 6.47 Å². The number of ether oxygens (including phenoxy) is 2. The molecule has 2 atom stereocenters. The van der Waals surface area contributed by atoms with E-state index in [0.717, 1.165) is 107 Å². The number of fused-ring (bicyclic) bond motifs is 2. The van der Waals surface area contributed by atoms with Crippen molar-refractivity contribution in [1.29, 1.82) is 0 Å². The van der Waals surface area contributed by atoms with Crippen LogP contribution < -0.4 is 157 Å². The van der Waals surface area contributed by atoms with Gasteiger partial charge in [0.1, 0.15) is 57.6 Å². The molecule has 0 saturated carbocycles. The Balaban J connectivity index is 0.000000151. The van der Waals surface area contributed by atoms with Crippen molar-refractivity contribution in [2.45, 2.75) is 37.8 Å². The number of hydrogen-bond acceptors (Lipinski definition) is 17. The number of carbonyl (C=O) groups excluding carboxylic acids is 1. The van der Waals surface area contributed by atoms with Gasteiger partial charge in [-0.3, -0.25) is 4.79 Å². The van der Waals surface area contributed by atoms with E-state index < -0.39 is 38.8 Å². The number of nitrogen functional groups attached to an aromatic ring is 2. The van der Waals surface area contributed by atoms with Crippen LogP contribution in [-0.2, 0) is 30.1 Å². The van der Waals surface area contributed by atoms with Gasteiger partial charge in [0, 0.05) is 39.1 Å². The number of rotatable bonds is 21. The molecular weight excluding hydrogens is 2120 g/mol. The van der Waals surface area contributed by atoms with Crippen molar-refractivity contribution in [2.24, 2.45) is 0 Å². The van der Waals surface area contributed by atoms with Crippen LogP contribution >= 0.6 is 47.6 Å². The van der Waals surface area contributed by atoms with Gasteiger partial charge in [0.15, 0.2) is 11.3 Å². The first-order chi connectivity index (χ1) is 71.0. The number of para-hydroxylation sites is 2. The van der Waals surface area contributed by atoms with E-state index >= 15 is 0 Å². The first-order valence-corrected chi connectivity index (χ1v) is 69.8. The molecule has 2 aliphatic rings. The summed E-state index contributed by atoms with van der Waals surface area (Å²) in [6, 6.07) is 164. The van der Waals surface area contributed by atoms with Gasteiger partial charge in [-0.25, -0.2) is 29.3 Å². The fraction of sp³-hybridized carbons (Fsp3) is 0.0855. The number of piperidine rings is 2. The molecule has 19 nitrogen and oxygen atoms in total. The van der Waals surface area contributed by atoms with Crippen molar-refractivity contribution in [3.63, 3.8) is 0 Å². The zero-order valence-electron chi connectivity index (χ0n) is 81.3. The number of nitrogens with two attached hydrogens (primary N) is 2. The largest absolute Gasteiger partial charge is 0.0622 e. The molecule has 0 aliphatic carbocycles. The van der Waals surface area contributed by atoms with Gasteiger partial charge in [0.05, 0.1) is 22.9 Å². The monoisotopic (exact) mass is 2230 g/mol. The van der Waals surface area contributed by atoms with Gasteiger partial charge < -0.3 is 51.8 Å². The van der Waals surface area contributed by atoms with Crippen LogP contribution in [0.4, 0.5) is 11.6 Å². The van der Waals surface area contributed by atoms with Gasteiger partial charge in [-0.15, -0.1) is 0 Å². The van der Waals surface area contributed by atoms with Crippen molar-refractivity contribution in [3.8, 4) is 34.3 Å². The molecule has 0 amide bonds. The maximum Gasteiger partial charge on any atom is 0 e. The number of anilines is 2. The molecule has 2 aliphatic heterocycles. The average molecular weight is 2230 g/mol. The van der Waals surface area contributed by atoms with Gasteiger partial charge >= 0.3 is 122 Å². The minimum Gasteiger partial charge on any atom is -0.0622 e. The third-order valence-corrected chi connectivity index (χ3v) is 33.0. The molecule has 0 spiro atoms. The van der Waals surface area contributed by atoms with E-state index in [1.165, 1.54) is 139 Å². The van der Waals surface area contributed by atoms with Gasteiger partial charge in [-0.2, -0.15) is 10.2 Å². The molecule has 2 fully saturated rings. The van der Waals surface area contributed by atoms with E-state index in [-0.39, 0.29) is 84.3 Å². The second-order valence-corrected chi connectivity index (χ2v) is 41.9. The summed E-state index contributed by atoms with van der Waals surface area (Å²) in [5, 5.41) is 60.9. The zero-order valence-corrected chi connectivity index (χ0v) is 97.4. The van der Waals surface area contributed by atoms with Crippen molar-refractivity contribution >= 4 is 227 Å². The minimum absolute atomic E-state index is 0. The quantitative estimate of drug-likeness (QED) is 0.0128. The number of nitrogens with zero attached hydrogens (tertiary/aromatic N) is 8. The molecule has 4 aromatic heterocycles. The van der Waals surface area contributed by atoms with Gasteiger partial charge in [-0.05, 0) is 216 Å². The molecule has 720 valence electrons. The standard InChI is InChI=1S/C22H22N6O.4C18H15P.C12H11BO3.C10H13BrN6.CH2O3.3K.Pd/c23-21-19-20(15-8-10-18(11-9-15)29-17-6-2-1-3-7-17)27-28(22(19)26-14-25-21)16-5-4-12-24-13-16;4*1-4-10-16(11-5-1)19(17-12-6-2-7-13-17)18-14-8-3-9-15-18;14-13(15)10-6-8-12(9-7-10)16-11-4-2-1-3-5-11;11-8-7-9(12)14-5-15-10(7)17(16-8)6-2-1-3-13-4-6;2-1-4-3;;;;/h1-3,6-11,14,16,24H,4-5,12-13H2,(H2,23,25,26);4*1-15H;1-9,14-15H;5-6,13H,1-4H2,(H2,12,14,15);1,3H;;;;/q;;;;;;;;;;+1;/p-1/t16-;;;;;;6-;;;;;/m1.....1...../s1. The van der Waals surface area contributed by atoms with Crippen LogP contribution in [0.15, 0.2) is 490 Å². The maximum absolute atomic E-state index is 8.92. The molecule has 0 unspecified atom stereocenters. The summed E-state index contributed by atoms with van der Waals surface area (Å²) < 4.78 is 16.1.